The zero-order valence-corrected chi connectivity index (χ0v) is 13.6. The fraction of sp³-hybridized carbons (Fsp3) is 0.125. The Morgan fingerprint density at radius 1 is 1.28 bits per heavy atom. The van der Waals surface area contributed by atoms with Crippen LogP contribution < -0.4 is 5.43 Å². The van der Waals surface area contributed by atoms with Crippen LogP contribution in [0.5, 0.6) is 0 Å². The third-order valence-electron chi connectivity index (χ3n) is 3.43. The summed E-state index contributed by atoms with van der Waals surface area (Å²) < 4.78 is 1.65. The van der Waals surface area contributed by atoms with Crippen LogP contribution >= 0.6 is 0 Å². The van der Waals surface area contributed by atoms with E-state index in [4.69, 9.17) is 0 Å². The lowest BCUT2D eigenvalue weighted by atomic mass is 10.1. The Labute approximate surface area is 143 Å². The van der Waals surface area contributed by atoms with Gasteiger partial charge in [0.15, 0.2) is 11.6 Å². The Bertz CT molecular complexity index is 932. The molecule has 9 heteroatoms. The molecule has 0 amide bonds. The van der Waals surface area contributed by atoms with Crippen molar-refractivity contribution in [3.8, 4) is 5.82 Å². The highest BCUT2D eigenvalue weighted by atomic mass is 16.6. The number of aromatic nitrogens is 4. The number of hydrazone groups is 1. The van der Waals surface area contributed by atoms with Gasteiger partial charge in [-0.1, -0.05) is 0 Å². The summed E-state index contributed by atoms with van der Waals surface area (Å²) in [6, 6.07) is 7.90. The highest BCUT2D eigenvalue weighted by molar-refractivity contribution is 5.99. The molecular weight excluding hydrogens is 322 g/mol. The minimum Gasteiger partial charge on any atom is -0.261 e. The molecule has 0 aliphatic carbocycles. The summed E-state index contributed by atoms with van der Waals surface area (Å²) in [5.41, 5.74) is 5.37. The molecule has 25 heavy (non-hydrogen) atoms. The topological polar surface area (TPSA) is 111 Å². The zero-order valence-electron chi connectivity index (χ0n) is 13.6. The summed E-state index contributed by atoms with van der Waals surface area (Å²) in [4.78, 5) is 18.5. The van der Waals surface area contributed by atoms with Gasteiger partial charge in [0.05, 0.1) is 16.8 Å². The number of anilines is 1. The van der Waals surface area contributed by atoms with Crippen LogP contribution in [0, 0.1) is 17.0 Å². The first-order valence-electron chi connectivity index (χ1n) is 7.42. The first kappa shape index (κ1) is 16.2. The molecule has 0 atom stereocenters. The van der Waals surface area contributed by atoms with Crippen LogP contribution in [-0.4, -0.2) is 30.4 Å². The molecule has 0 aliphatic rings. The second kappa shape index (κ2) is 6.87. The van der Waals surface area contributed by atoms with Gasteiger partial charge in [-0.05, 0) is 37.1 Å². The standard InChI is InChI=1S/C16H15N7O2/c1-11-8-19-22(9-11)16-7-15(17-10-18-16)21-20-12(2)13-3-5-14(6-4-13)23(24)25/h3-10H,1-2H3,(H,17,18,21). The average Bonchev–Trinajstić information content (AvgIpc) is 3.06. The number of nitro groups is 1. The van der Waals surface area contributed by atoms with Gasteiger partial charge in [0, 0.05) is 24.4 Å². The number of nitro benzene ring substituents is 1. The van der Waals surface area contributed by atoms with Gasteiger partial charge in [-0.2, -0.15) is 10.2 Å². The molecule has 0 aliphatic heterocycles. The number of hydrogen-bond donors (Lipinski definition) is 1. The molecule has 0 saturated heterocycles. The van der Waals surface area contributed by atoms with Gasteiger partial charge >= 0.3 is 0 Å². The summed E-state index contributed by atoms with van der Waals surface area (Å²) in [5, 5.41) is 19.1. The molecule has 9 nitrogen and oxygen atoms in total. The molecule has 0 spiro atoms. The molecule has 0 unspecified atom stereocenters. The number of benzene rings is 1. The predicted octanol–water partition coefficient (Wildman–Crippen LogP) is 2.72. The highest BCUT2D eigenvalue weighted by Crippen LogP contribution is 2.13. The SMILES string of the molecule is CC(=NNc1cc(-n2cc(C)cn2)ncn1)c1ccc([N+](=O)[O-])cc1. The maximum atomic E-state index is 10.7. The van der Waals surface area contributed by atoms with Gasteiger partial charge in [-0.25, -0.2) is 14.6 Å². The maximum absolute atomic E-state index is 10.7. The van der Waals surface area contributed by atoms with E-state index in [0.717, 1.165) is 11.1 Å². The summed E-state index contributed by atoms with van der Waals surface area (Å²) in [7, 11) is 0. The van der Waals surface area contributed by atoms with Gasteiger partial charge in [0.1, 0.15) is 6.33 Å². The molecule has 0 saturated carbocycles. The Kier molecular flexibility index (Phi) is 4.46. The lowest BCUT2D eigenvalue weighted by molar-refractivity contribution is -0.384. The number of hydrogen-bond acceptors (Lipinski definition) is 7. The van der Waals surface area contributed by atoms with Gasteiger partial charge in [0.25, 0.3) is 5.69 Å². The summed E-state index contributed by atoms with van der Waals surface area (Å²) in [5.74, 6) is 1.13. The van der Waals surface area contributed by atoms with Crippen molar-refractivity contribution in [1.29, 1.82) is 0 Å². The van der Waals surface area contributed by atoms with E-state index in [1.54, 1.807) is 36.0 Å². The van der Waals surface area contributed by atoms with E-state index in [1.165, 1.54) is 18.5 Å². The first-order chi connectivity index (χ1) is 12.0. The molecule has 1 aromatic carbocycles. The fourth-order valence-electron chi connectivity index (χ4n) is 2.10. The Balaban J connectivity index is 1.75. The molecule has 0 radical (unpaired) electrons. The number of non-ortho nitro benzene ring substituents is 1. The number of aryl methyl sites for hydroxylation is 1. The first-order valence-corrected chi connectivity index (χ1v) is 7.42. The van der Waals surface area contributed by atoms with Crippen LogP contribution in [0.4, 0.5) is 11.5 Å². The zero-order chi connectivity index (χ0) is 17.8. The molecular formula is C16H15N7O2. The second-order valence-corrected chi connectivity index (χ2v) is 5.34. The highest BCUT2D eigenvalue weighted by Gasteiger charge is 2.06. The Hall–Kier alpha value is -3.62. The van der Waals surface area contributed by atoms with E-state index in [0.29, 0.717) is 17.3 Å². The lowest BCUT2D eigenvalue weighted by Gasteiger charge is -2.05. The molecule has 1 N–H and O–H groups in total. The van der Waals surface area contributed by atoms with E-state index in [1.807, 2.05) is 13.1 Å². The van der Waals surface area contributed by atoms with Crippen LogP contribution in [0.15, 0.2) is 54.2 Å². The molecule has 3 aromatic rings. The Morgan fingerprint density at radius 2 is 2.04 bits per heavy atom. The van der Waals surface area contributed by atoms with E-state index in [-0.39, 0.29) is 5.69 Å². The van der Waals surface area contributed by atoms with Crippen molar-refractivity contribution >= 4 is 17.2 Å². The van der Waals surface area contributed by atoms with Crippen LogP contribution in [0.1, 0.15) is 18.1 Å². The van der Waals surface area contributed by atoms with Crippen molar-refractivity contribution in [2.45, 2.75) is 13.8 Å². The number of nitrogens with zero attached hydrogens (tertiary/aromatic N) is 6. The maximum Gasteiger partial charge on any atom is 0.269 e. The average molecular weight is 337 g/mol. The number of nitrogens with one attached hydrogen (secondary N) is 1. The van der Waals surface area contributed by atoms with Crippen molar-refractivity contribution < 1.29 is 4.92 Å². The van der Waals surface area contributed by atoms with E-state index in [2.05, 4.69) is 25.6 Å². The van der Waals surface area contributed by atoms with Crippen molar-refractivity contribution in [3.05, 3.63) is 70.3 Å². The predicted molar refractivity (Wildman–Crippen MR) is 92.8 cm³/mol. The quantitative estimate of drug-likeness (QED) is 0.435. The lowest BCUT2D eigenvalue weighted by Crippen LogP contribution is -2.03. The van der Waals surface area contributed by atoms with Gasteiger partial charge in [-0.15, -0.1) is 0 Å². The molecule has 126 valence electrons. The largest absolute Gasteiger partial charge is 0.269 e. The molecule has 0 bridgehead atoms. The van der Waals surface area contributed by atoms with Crippen molar-refractivity contribution in [1.82, 2.24) is 19.7 Å². The summed E-state index contributed by atoms with van der Waals surface area (Å²) in [6.07, 6.45) is 5.02. The van der Waals surface area contributed by atoms with Crippen molar-refractivity contribution in [2.24, 2.45) is 5.10 Å². The molecule has 2 heterocycles. The van der Waals surface area contributed by atoms with Crippen LogP contribution in [0.2, 0.25) is 0 Å². The smallest absolute Gasteiger partial charge is 0.261 e. The van der Waals surface area contributed by atoms with Crippen LogP contribution in [0.3, 0.4) is 0 Å². The third kappa shape index (κ3) is 3.83. The van der Waals surface area contributed by atoms with E-state index < -0.39 is 4.92 Å². The van der Waals surface area contributed by atoms with Gasteiger partial charge in [-0.3, -0.25) is 15.5 Å². The third-order valence-corrected chi connectivity index (χ3v) is 3.43. The minimum atomic E-state index is -0.437. The van der Waals surface area contributed by atoms with E-state index in [9.17, 15) is 10.1 Å². The van der Waals surface area contributed by atoms with Crippen molar-refractivity contribution in [2.75, 3.05) is 5.43 Å². The fourth-order valence-corrected chi connectivity index (χ4v) is 2.10. The molecule has 3 rings (SSSR count). The number of rotatable bonds is 5. The van der Waals surface area contributed by atoms with Gasteiger partial charge < -0.3 is 0 Å². The van der Waals surface area contributed by atoms with Crippen LogP contribution in [0.25, 0.3) is 5.82 Å². The molecule has 0 fully saturated rings. The van der Waals surface area contributed by atoms with E-state index >= 15 is 0 Å². The van der Waals surface area contributed by atoms with Crippen LogP contribution in [-0.2, 0) is 0 Å². The minimum absolute atomic E-state index is 0.0412. The summed E-state index contributed by atoms with van der Waals surface area (Å²) in [6.45, 7) is 3.74. The molecule has 2 aromatic heterocycles. The second-order valence-electron chi connectivity index (χ2n) is 5.34. The van der Waals surface area contributed by atoms with Gasteiger partial charge in [0.2, 0.25) is 0 Å². The Morgan fingerprint density at radius 3 is 2.68 bits per heavy atom. The van der Waals surface area contributed by atoms with Crippen molar-refractivity contribution in [3.63, 3.8) is 0 Å². The monoisotopic (exact) mass is 337 g/mol. The summed E-state index contributed by atoms with van der Waals surface area (Å²) >= 11 is 0. The normalized spacial score (nSPS) is 11.4.